The Balaban J connectivity index is 1.83. The highest BCUT2D eigenvalue weighted by Gasteiger charge is 2.29. The smallest absolute Gasteiger partial charge is 0.0900 e. The first-order valence-corrected chi connectivity index (χ1v) is 7.70. The lowest BCUT2D eigenvalue weighted by Crippen LogP contribution is -2.39. The van der Waals surface area contributed by atoms with Gasteiger partial charge in [-0.05, 0) is 47.6 Å². The summed E-state index contributed by atoms with van der Waals surface area (Å²) in [6.07, 6.45) is 2.76. The quantitative estimate of drug-likeness (QED) is 0.859. The minimum Gasteiger partial charge on any atom is -0.308 e. The number of hydrogen-bond acceptors (Lipinski definition) is 4. The lowest BCUT2D eigenvalue weighted by molar-refractivity contribution is 0.237. The van der Waals surface area contributed by atoms with Crippen LogP contribution in [0.5, 0.6) is 0 Å². The van der Waals surface area contributed by atoms with E-state index in [4.69, 9.17) is 0 Å². The molecule has 18 heavy (non-hydrogen) atoms. The van der Waals surface area contributed by atoms with E-state index in [1.807, 2.05) is 11.3 Å². The van der Waals surface area contributed by atoms with Crippen molar-refractivity contribution >= 4 is 11.3 Å². The van der Waals surface area contributed by atoms with E-state index in [2.05, 4.69) is 49.9 Å². The second-order valence-electron chi connectivity index (χ2n) is 5.56. The highest BCUT2D eigenvalue weighted by Crippen LogP contribution is 2.27. The first-order chi connectivity index (χ1) is 8.49. The molecule has 4 heteroatoms. The van der Waals surface area contributed by atoms with Gasteiger partial charge in [0.25, 0.3) is 0 Å². The number of hydrogen-bond donors (Lipinski definition) is 1. The van der Waals surface area contributed by atoms with Crippen molar-refractivity contribution in [1.82, 2.24) is 15.2 Å². The van der Waals surface area contributed by atoms with Crippen LogP contribution < -0.4 is 5.32 Å². The van der Waals surface area contributed by atoms with Crippen molar-refractivity contribution in [3.05, 3.63) is 15.6 Å². The topological polar surface area (TPSA) is 28.2 Å². The number of aromatic nitrogens is 1. The normalized spacial score (nSPS) is 19.2. The van der Waals surface area contributed by atoms with Crippen LogP contribution >= 0.6 is 11.3 Å². The van der Waals surface area contributed by atoms with Gasteiger partial charge in [-0.3, -0.25) is 4.90 Å². The molecule has 3 nitrogen and oxygen atoms in total. The predicted molar refractivity (Wildman–Crippen MR) is 78.3 cm³/mol. The average Bonchev–Trinajstić information content (AvgIpc) is 3.10. The SMILES string of the molecule is Cc1nc(C)c(C(C)NCC(C)N(C)C2CC2)s1. The number of aryl methyl sites for hydroxylation is 2. The molecule has 0 saturated heterocycles. The Labute approximate surface area is 115 Å². The van der Waals surface area contributed by atoms with E-state index < -0.39 is 0 Å². The molecule has 1 saturated carbocycles. The Kier molecular flexibility index (Phi) is 4.41. The average molecular weight is 267 g/mol. The summed E-state index contributed by atoms with van der Waals surface area (Å²) in [4.78, 5) is 8.39. The number of nitrogens with one attached hydrogen (secondary N) is 1. The van der Waals surface area contributed by atoms with Gasteiger partial charge < -0.3 is 5.32 Å². The summed E-state index contributed by atoms with van der Waals surface area (Å²) in [7, 11) is 2.25. The maximum atomic E-state index is 4.50. The van der Waals surface area contributed by atoms with E-state index in [1.54, 1.807) is 0 Å². The van der Waals surface area contributed by atoms with Gasteiger partial charge in [0.15, 0.2) is 0 Å². The van der Waals surface area contributed by atoms with E-state index >= 15 is 0 Å². The monoisotopic (exact) mass is 267 g/mol. The minimum absolute atomic E-state index is 0.409. The van der Waals surface area contributed by atoms with Crippen LogP contribution in [0.15, 0.2) is 0 Å². The van der Waals surface area contributed by atoms with Crippen molar-refractivity contribution in [2.45, 2.75) is 58.7 Å². The first kappa shape index (κ1) is 14.0. The zero-order valence-electron chi connectivity index (χ0n) is 12.2. The van der Waals surface area contributed by atoms with Crippen molar-refractivity contribution < 1.29 is 0 Å². The second-order valence-corrected chi connectivity index (χ2v) is 6.79. The molecule has 2 rings (SSSR count). The van der Waals surface area contributed by atoms with E-state index in [0.717, 1.165) is 12.6 Å². The van der Waals surface area contributed by atoms with Crippen molar-refractivity contribution in [1.29, 1.82) is 0 Å². The van der Waals surface area contributed by atoms with Gasteiger partial charge in [-0.1, -0.05) is 0 Å². The molecule has 2 unspecified atom stereocenters. The van der Waals surface area contributed by atoms with Crippen molar-refractivity contribution in [3.8, 4) is 0 Å². The highest BCUT2D eigenvalue weighted by atomic mass is 32.1. The molecule has 1 fully saturated rings. The standard InChI is InChI=1S/C14H25N3S/c1-9(17(5)13-6-7-13)8-15-10(2)14-11(3)16-12(4)18-14/h9-10,13,15H,6-8H2,1-5H3. The molecule has 1 N–H and O–H groups in total. The van der Waals surface area contributed by atoms with Gasteiger partial charge in [0.2, 0.25) is 0 Å². The van der Waals surface area contributed by atoms with Crippen LogP contribution in [-0.2, 0) is 0 Å². The lowest BCUT2D eigenvalue weighted by atomic mass is 10.2. The maximum absolute atomic E-state index is 4.50. The van der Waals surface area contributed by atoms with Crippen molar-refractivity contribution in [2.75, 3.05) is 13.6 Å². The van der Waals surface area contributed by atoms with E-state index in [-0.39, 0.29) is 0 Å². The van der Waals surface area contributed by atoms with Crippen LogP contribution in [0, 0.1) is 13.8 Å². The molecule has 1 aliphatic rings. The van der Waals surface area contributed by atoms with Gasteiger partial charge in [0.05, 0.1) is 10.7 Å². The summed E-state index contributed by atoms with van der Waals surface area (Å²) in [6, 6.07) is 1.85. The van der Waals surface area contributed by atoms with Crippen LogP contribution in [0.3, 0.4) is 0 Å². The number of thiazole rings is 1. The Hall–Kier alpha value is -0.450. The van der Waals surface area contributed by atoms with Gasteiger partial charge in [0.1, 0.15) is 0 Å². The summed E-state index contributed by atoms with van der Waals surface area (Å²) in [5, 5.41) is 4.81. The number of rotatable bonds is 6. The Morgan fingerprint density at radius 3 is 2.56 bits per heavy atom. The second kappa shape index (κ2) is 5.68. The first-order valence-electron chi connectivity index (χ1n) is 6.88. The zero-order valence-corrected chi connectivity index (χ0v) is 13.0. The largest absolute Gasteiger partial charge is 0.308 e. The van der Waals surface area contributed by atoms with Crippen LogP contribution in [0.4, 0.5) is 0 Å². The lowest BCUT2D eigenvalue weighted by Gasteiger charge is -2.26. The molecule has 1 aromatic heterocycles. The molecule has 1 aromatic rings. The van der Waals surface area contributed by atoms with Gasteiger partial charge in [0, 0.05) is 29.5 Å². The Morgan fingerprint density at radius 2 is 2.06 bits per heavy atom. The third-order valence-corrected chi connectivity index (χ3v) is 5.13. The predicted octanol–water partition coefficient (Wildman–Crippen LogP) is 2.89. The molecule has 0 spiro atoms. The summed E-state index contributed by atoms with van der Waals surface area (Å²) in [5.74, 6) is 0. The Morgan fingerprint density at radius 1 is 1.39 bits per heavy atom. The maximum Gasteiger partial charge on any atom is 0.0900 e. The summed E-state index contributed by atoms with van der Waals surface area (Å²) >= 11 is 1.81. The zero-order chi connectivity index (χ0) is 13.3. The third kappa shape index (κ3) is 3.31. The van der Waals surface area contributed by atoms with Gasteiger partial charge in [-0.15, -0.1) is 11.3 Å². The van der Waals surface area contributed by atoms with Crippen molar-refractivity contribution in [3.63, 3.8) is 0 Å². The fourth-order valence-electron chi connectivity index (χ4n) is 2.37. The minimum atomic E-state index is 0.409. The Bertz CT molecular complexity index is 398. The van der Waals surface area contributed by atoms with E-state index in [0.29, 0.717) is 12.1 Å². The van der Waals surface area contributed by atoms with Crippen molar-refractivity contribution in [2.24, 2.45) is 0 Å². The van der Waals surface area contributed by atoms with E-state index in [9.17, 15) is 0 Å². The van der Waals surface area contributed by atoms with Crippen LogP contribution in [0.2, 0.25) is 0 Å². The summed E-state index contributed by atoms with van der Waals surface area (Å²) in [6.45, 7) is 9.78. The molecule has 2 atom stereocenters. The van der Waals surface area contributed by atoms with Crippen LogP contribution in [0.1, 0.15) is 48.3 Å². The molecule has 1 heterocycles. The van der Waals surface area contributed by atoms with Crippen LogP contribution in [0.25, 0.3) is 0 Å². The molecular weight excluding hydrogens is 242 g/mol. The molecule has 0 bridgehead atoms. The van der Waals surface area contributed by atoms with Crippen LogP contribution in [-0.4, -0.2) is 35.6 Å². The molecule has 1 aliphatic carbocycles. The summed E-state index contributed by atoms with van der Waals surface area (Å²) in [5.41, 5.74) is 1.18. The third-order valence-electron chi connectivity index (χ3n) is 3.87. The fourth-order valence-corrected chi connectivity index (χ4v) is 3.33. The highest BCUT2D eigenvalue weighted by molar-refractivity contribution is 7.11. The molecule has 0 aliphatic heterocycles. The van der Waals surface area contributed by atoms with Gasteiger partial charge in [-0.25, -0.2) is 4.98 Å². The van der Waals surface area contributed by atoms with Gasteiger partial charge in [-0.2, -0.15) is 0 Å². The number of likely N-dealkylation sites (N-methyl/N-ethyl adjacent to an activating group) is 1. The molecule has 0 amide bonds. The summed E-state index contributed by atoms with van der Waals surface area (Å²) < 4.78 is 0. The molecule has 0 aromatic carbocycles. The molecule has 102 valence electrons. The molecule has 0 radical (unpaired) electrons. The van der Waals surface area contributed by atoms with E-state index in [1.165, 1.54) is 28.4 Å². The fraction of sp³-hybridized carbons (Fsp3) is 0.786. The molecular formula is C14H25N3S. The number of nitrogens with zero attached hydrogens (tertiary/aromatic N) is 2. The van der Waals surface area contributed by atoms with Gasteiger partial charge >= 0.3 is 0 Å².